The lowest BCUT2D eigenvalue weighted by Gasteiger charge is -2.33. The van der Waals surface area contributed by atoms with Crippen LogP contribution < -0.4 is 4.90 Å². The Labute approximate surface area is 122 Å². The van der Waals surface area contributed by atoms with E-state index < -0.39 is 0 Å². The topological polar surface area (TPSA) is 49.3 Å². The first-order chi connectivity index (χ1) is 9.81. The van der Waals surface area contributed by atoms with E-state index in [2.05, 4.69) is 15.9 Å². The molecule has 20 heavy (non-hydrogen) atoms. The van der Waals surface area contributed by atoms with Gasteiger partial charge in [-0.05, 0) is 12.0 Å². The van der Waals surface area contributed by atoms with Gasteiger partial charge in [-0.3, -0.25) is 4.79 Å². The molecule has 1 saturated heterocycles. The third-order valence-corrected chi connectivity index (χ3v) is 2.53. The molecule has 5 nitrogen and oxygen atoms in total. The highest BCUT2D eigenvalue weighted by Gasteiger charge is 2.20. The zero-order valence-corrected chi connectivity index (χ0v) is 12.8. The number of nitrogens with zero attached hydrogens (tertiary/aromatic N) is 4. The fourth-order valence-corrected chi connectivity index (χ4v) is 1.66. The molecular weight excluding hydrogens is 252 g/mol. The average molecular weight is 276 g/mol. The molecule has 2 rings (SSSR count). The van der Waals surface area contributed by atoms with Crippen LogP contribution in [0.3, 0.4) is 0 Å². The molecule has 1 aliphatic rings. The normalized spacial score (nSPS) is 13.2. The quantitative estimate of drug-likeness (QED) is 0.734. The third-order valence-electron chi connectivity index (χ3n) is 2.53. The van der Waals surface area contributed by atoms with Crippen LogP contribution in [0.15, 0.2) is 18.5 Å². The van der Waals surface area contributed by atoms with Gasteiger partial charge in [0.2, 0.25) is 5.95 Å². The van der Waals surface area contributed by atoms with Crippen molar-refractivity contribution in [3.05, 3.63) is 18.5 Å². The van der Waals surface area contributed by atoms with Crippen molar-refractivity contribution in [1.29, 1.82) is 0 Å². The van der Waals surface area contributed by atoms with Crippen LogP contribution in [0.4, 0.5) is 5.95 Å². The molecule has 0 unspecified atom stereocenters. The van der Waals surface area contributed by atoms with E-state index in [0.29, 0.717) is 19.0 Å². The molecule has 1 aliphatic heterocycles. The zero-order valence-electron chi connectivity index (χ0n) is 12.8. The molecule has 1 fully saturated rings. The second-order valence-electron chi connectivity index (χ2n) is 3.47. The first-order valence-corrected chi connectivity index (χ1v) is 7.09. The summed E-state index contributed by atoms with van der Waals surface area (Å²) in [6.07, 6.45) is 8.49. The van der Waals surface area contributed by atoms with Gasteiger partial charge < -0.3 is 9.80 Å². The summed E-state index contributed by atoms with van der Waals surface area (Å²) in [6, 6.07) is 1.78. The van der Waals surface area contributed by atoms with Crippen molar-refractivity contribution < 1.29 is 4.79 Å². The van der Waals surface area contributed by atoms with Crippen molar-refractivity contribution >= 4 is 11.9 Å². The maximum atomic E-state index is 11.3. The Bertz CT molecular complexity index is 406. The Kier molecular flexibility index (Phi) is 9.67. The molecule has 0 N–H and O–H groups in total. The molecule has 110 valence electrons. The van der Waals surface area contributed by atoms with Gasteiger partial charge in [-0.25, -0.2) is 9.97 Å². The fraction of sp³-hybridized carbons (Fsp3) is 0.533. The number of carbonyl (C=O) groups excluding carboxylic acids is 1. The number of hydrogen-bond donors (Lipinski definition) is 0. The lowest BCUT2D eigenvalue weighted by Crippen LogP contribution is -2.48. The molecule has 1 aromatic heterocycles. The first kappa shape index (κ1) is 17.9. The molecule has 0 radical (unpaired) electrons. The van der Waals surface area contributed by atoms with Crippen molar-refractivity contribution in [2.45, 2.75) is 27.7 Å². The SMILES string of the molecule is C#CC(=O)N1CCN(c2ncccn2)CC1.CC.CC. The summed E-state index contributed by atoms with van der Waals surface area (Å²) in [7, 11) is 0. The van der Waals surface area contributed by atoms with Crippen molar-refractivity contribution in [2.24, 2.45) is 0 Å². The van der Waals surface area contributed by atoms with E-state index in [4.69, 9.17) is 6.42 Å². The van der Waals surface area contributed by atoms with Gasteiger partial charge in [0.25, 0.3) is 5.91 Å². The predicted octanol–water partition coefficient (Wildman–Crippen LogP) is 1.81. The molecule has 0 saturated carbocycles. The number of amides is 1. The van der Waals surface area contributed by atoms with E-state index in [9.17, 15) is 4.79 Å². The van der Waals surface area contributed by atoms with Gasteiger partial charge >= 0.3 is 0 Å². The van der Waals surface area contributed by atoms with E-state index >= 15 is 0 Å². The minimum atomic E-state index is -0.242. The summed E-state index contributed by atoms with van der Waals surface area (Å²) < 4.78 is 0. The van der Waals surface area contributed by atoms with Crippen molar-refractivity contribution in [2.75, 3.05) is 31.1 Å². The van der Waals surface area contributed by atoms with Crippen LogP contribution in [0.25, 0.3) is 0 Å². The van der Waals surface area contributed by atoms with E-state index in [1.54, 1.807) is 23.4 Å². The Morgan fingerprint density at radius 3 is 2.05 bits per heavy atom. The molecule has 1 aromatic rings. The lowest BCUT2D eigenvalue weighted by atomic mass is 10.3. The van der Waals surface area contributed by atoms with Crippen molar-refractivity contribution in [3.63, 3.8) is 0 Å². The molecule has 0 bridgehead atoms. The Balaban J connectivity index is 0.000000829. The molecule has 0 aliphatic carbocycles. The molecule has 5 heteroatoms. The number of hydrogen-bond acceptors (Lipinski definition) is 4. The van der Waals surface area contributed by atoms with E-state index in [0.717, 1.165) is 13.1 Å². The van der Waals surface area contributed by atoms with E-state index in [-0.39, 0.29) is 5.91 Å². The van der Waals surface area contributed by atoms with Crippen LogP contribution in [-0.4, -0.2) is 47.0 Å². The average Bonchev–Trinajstić information content (AvgIpc) is 2.59. The number of aromatic nitrogens is 2. The first-order valence-electron chi connectivity index (χ1n) is 7.09. The number of terminal acetylenes is 1. The monoisotopic (exact) mass is 276 g/mol. The number of anilines is 1. The molecule has 0 aromatic carbocycles. The summed E-state index contributed by atoms with van der Waals surface area (Å²) in [6.45, 7) is 10.7. The van der Waals surface area contributed by atoms with Crippen molar-refractivity contribution in [3.8, 4) is 12.3 Å². The number of carbonyl (C=O) groups is 1. The summed E-state index contributed by atoms with van der Waals surface area (Å²) in [5.41, 5.74) is 0. The van der Waals surface area contributed by atoms with Gasteiger partial charge in [0.15, 0.2) is 0 Å². The summed E-state index contributed by atoms with van der Waals surface area (Å²) in [5, 5.41) is 0. The lowest BCUT2D eigenvalue weighted by molar-refractivity contribution is -0.125. The highest BCUT2D eigenvalue weighted by molar-refractivity contribution is 5.93. The predicted molar refractivity (Wildman–Crippen MR) is 82.4 cm³/mol. The van der Waals surface area contributed by atoms with Gasteiger partial charge in [0.05, 0.1) is 0 Å². The fourth-order valence-electron chi connectivity index (χ4n) is 1.66. The zero-order chi connectivity index (χ0) is 15.4. The third kappa shape index (κ3) is 5.27. The summed E-state index contributed by atoms with van der Waals surface area (Å²) in [5.74, 6) is 2.59. The standard InChI is InChI=1S/C11H12N4O.2C2H6/c1-2-10(16)14-6-8-15(9-7-14)11-12-4-3-5-13-11;2*1-2/h1,3-5H,6-9H2;2*1-2H3. The Morgan fingerprint density at radius 2 is 1.60 bits per heavy atom. The Hall–Kier alpha value is -2.09. The largest absolute Gasteiger partial charge is 0.337 e. The van der Waals surface area contributed by atoms with Gasteiger partial charge in [-0.2, -0.15) is 0 Å². The molecule has 0 spiro atoms. The van der Waals surface area contributed by atoms with Gasteiger partial charge in [-0.1, -0.05) is 27.7 Å². The highest BCUT2D eigenvalue weighted by atomic mass is 16.2. The molecule has 1 amide bonds. The summed E-state index contributed by atoms with van der Waals surface area (Å²) in [4.78, 5) is 23.3. The van der Waals surface area contributed by atoms with Gasteiger partial charge in [0, 0.05) is 38.6 Å². The minimum absolute atomic E-state index is 0.242. The molecule has 2 heterocycles. The van der Waals surface area contributed by atoms with Crippen LogP contribution in [0.1, 0.15) is 27.7 Å². The molecule has 0 atom stereocenters. The van der Waals surface area contributed by atoms with Crippen LogP contribution in [-0.2, 0) is 4.79 Å². The number of rotatable bonds is 1. The second kappa shape index (κ2) is 10.8. The van der Waals surface area contributed by atoms with Crippen molar-refractivity contribution in [1.82, 2.24) is 14.9 Å². The van der Waals surface area contributed by atoms with Crippen LogP contribution in [0.5, 0.6) is 0 Å². The van der Waals surface area contributed by atoms with Gasteiger partial charge in [0.1, 0.15) is 0 Å². The molecular formula is C15H24N4O. The summed E-state index contributed by atoms with van der Waals surface area (Å²) >= 11 is 0. The van der Waals surface area contributed by atoms with Crippen LogP contribution in [0, 0.1) is 12.3 Å². The van der Waals surface area contributed by atoms with Gasteiger partial charge in [-0.15, -0.1) is 6.42 Å². The minimum Gasteiger partial charge on any atom is -0.337 e. The Morgan fingerprint density at radius 1 is 1.10 bits per heavy atom. The van der Waals surface area contributed by atoms with E-state index in [1.165, 1.54) is 0 Å². The second-order valence-corrected chi connectivity index (χ2v) is 3.47. The maximum Gasteiger partial charge on any atom is 0.298 e. The highest BCUT2D eigenvalue weighted by Crippen LogP contribution is 2.09. The number of piperazine rings is 1. The smallest absolute Gasteiger partial charge is 0.298 e. The van der Waals surface area contributed by atoms with Crippen LogP contribution >= 0.6 is 0 Å². The maximum absolute atomic E-state index is 11.3. The van der Waals surface area contributed by atoms with E-state index in [1.807, 2.05) is 32.6 Å². The van der Waals surface area contributed by atoms with Crippen LogP contribution in [0.2, 0.25) is 0 Å².